The number of aliphatic hydroxyl groups excluding tert-OH is 1. The second-order valence-corrected chi connectivity index (χ2v) is 7.16. The number of phenols is 2. The van der Waals surface area contributed by atoms with Gasteiger partial charge in [-0.3, -0.25) is 0 Å². The zero-order valence-corrected chi connectivity index (χ0v) is 15.0. The van der Waals surface area contributed by atoms with E-state index in [0.29, 0.717) is 17.5 Å². The molecule has 0 bridgehead atoms. The molecular weight excluding hydrogens is 300 g/mol. The first-order chi connectivity index (χ1) is 11.3. The molecule has 0 heterocycles. The molecule has 0 aliphatic heterocycles. The van der Waals surface area contributed by atoms with Crippen molar-refractivity contribution in [2.24, 2.45) is 5.92 Å². The number of phenolic OH excluding ortho intramolecular Hbond substituents is 2. The lowest BCUT2D eigenvalue weighted by Crippen LogP contribution is -2.17. The van der Waals surface area contributed by atoms with Crippen LogP contribution in [0.15, 0.2) is 35.9 Å². The molecule has 3 nitrogen and oxygen atoms in total. The third-order valence-electron chi connectivity index (χ3n) is 5.09. The average molecular weight is 330 g/mol. The van der Waals surface area contributed by atoms with Crippen molar-refractivity contribution in [1.82, 2.24) is 0 Å². The standard InChI is InChI=1S/C21H30O3/c1-5-6-7-18(22)15-11-19(23)21(20(24)12-15)17-10-14(4)8-9-16(17)13(2)3/h10-12,16-18,22-24H,2,5-9H2,1,3-4H3/t16-,17+,18?/m1/s1. The highest BCUT2D eigenvalue weighted by Crippen LogP contribution is 2.47. The molecular formula is C21H30O3. The van der Waals surface area contributed by atoms with Crippen molar-refractivity contribution in [3.05, 3.63) is 47.1 Å². The fourth-order valence-electron chi connectivity index (χ4n) is 3.65. The first kappa shape index (κ1) is 18.6. The molecule has 0 radical (unpaired) electrons. The number of hydrogen-bond acceptors (Lipinski definition) is 3. The average Bonchev–Trinajstić information content (AvgIpc) is 2.51. The third-order valence-corrected chi connectivity index (χ3v) is 5.09. The van der Waals surface area contributed by atoms with Crippen LogP contribution >= 0.6 is 0 Å². The molecule has 0 spiro atoms. The van der Waals surface area contributed by atoms with Gasteiger partial charge >= 0.3 is 0 Å². The van der Waals surface area contributed by atoms with Crippen LogP contribution in [0.4, 0.5) is 0 Å². The Labute approximate surface area is 145 Å². The maximum absolute atomic E-state index is 10.6. The monoisotopic (exact) mass is 330 g/mol. The molecule has 0 amide bonds. The molecule has 1 unspecified atom stereocenters. The predicted molar refractivity (Wildman–Crippen MR) is 98.3 cm³/mol. The number of benzene rings is 1. The highest BCUT2D eigenvalue weighted by atomic mass is 16.3. The van der Waals surface area contributed by atoms with Crippen LogP contribution in [-0.4, -0.2) is 15.3 Å². The summed E-state index contributed by atoms with van der Waals surface area (Å²) in [5, 5.41) is 31.3. The van der Waals surface area contributed by atoms with Gasteiger partial charge in [-0.1, -0.05) is 43.6 Å². The van der Waals surface area contributed by atoms with Gasteiger partial charge in [-0.2, -0.15) is 0 Å². The lowest BCUT2D eigenvalue weighted by Gasteiger charge is -2.31. The minimum Gasteiger partial charge on any atom is -0.507 e. The number of aromatic hydroxyl groups is 2. The van der Waals surface area contributed by atoms with E-state index >= 15 is 0 Å². The highest BCUT2D eigenvalue weighted by molar-refractivity contribution is 5.52. The minimum absolute atomic E-state index is 0.0581. The van der Waals surface area contributed by atoms with Crippen LogP contribution in [0.3, 0.4) is 0 Å². The van der Waals surface area contributed by atoms with Gasteiger partial charge in [0.05, 0.1) is 6.10 Å². The second kappa shape index (κ2) is 7.89. The molecule has 1 aromatic carbocycles. The lowest BCUT2D eigenvalue weighted by atomic mass is 9.73. The van der Waals surface area contributed by atoms with Gasteiger partial charge in [0.25, 0.3) is 0 Å². The van der Waals surface area contributed by atoms with E-state index < -0.39 is 6.10 Å². The number of rotatable bonds is 6. The van der Waals surface area contributed by atoms with Gasteiger partial charge in [0.2, 0.25) is 0 Å². The molecule has 24 heavy (non-hydrogen) atoms. The number of aliphatic hydroxyl groups is 1. The minimum atomic E-state index is -0.656. The van der Waals surface area contributed by atoms with Gasteiger partial charge in [0.15, 0.2) is 0 Å². The summed E-state index contributed by atoms with van der Waals surface area (Å²) in [4.78, 5) is 0. The summed E-state index contributed by atoms with van der Waals surface area (Å²) in [5.41, 5.74) is 3.46. The maximum atomic E-state index is 10.6. The van der Waals surface area contributed by atoms with Crippen LogP contribution in [0.25, 0.3) is 0 Å². The molecule has 1 aliphatic carbocycles. The summed E-state index contributed by atoms with van der Waals surface area (Å²) in [7, 11) is 0. The SMILES string of the molecule is C=C(C)[C@H]1CCC(C)=C[C@@H]1c1c(O)cc(C(O)CCCC)cc1O. The van der Waals surface area contributed by atoms with Crippen LogP contribution in [0.1, 0.15) is 76.0 Å². The van der Waals surface area contributed by atoms with E-state index in [1.54, 1.807) is 12.1 Å². The topological polar surface area (TPSA) is 60.7 Å². The van der Waals surface area contributed by atoms with Gasteiger partial charge in [0, 0.05) is 11.5 Å². The Hall–Kier alpha value is -1.74. The van der Waals surface area contributed by atoms with Gasteiger partial charge in [-0.05, 0) is 56.7 Å². The Balaban J connectivity index is 2.39. The van der Waals surface area contributed by atoms with E-state index in [-0.39, 0.29) is 23.3 Å². The van der Waals surface area contributed by atoms with Crippen molar-refractivity contribution < 1.29 is 15.3 Å². The summed E-state index contributed by atoms with van der Waals surface area (Å²) in [5.74, 6) is 0.255. The quantitative estimate of drug-likeness (QED) is 0.617. The van der Waals surface area contributed by atoms with Crippen molar-refractivity contribution in [1.29, 1.82) is 0 Å². The van der Waals surface area contributed by atoms with Gasteiger partial charge < -0.3 is 15.3 Å². The van der Waals surface area contributed by atoms with E-state index in [1.807, 2.05) is 6.92 Å². The number of allylic oxidation sites excluding steroid dienone is 3. The Kier molecular flexibility index (Phi) is 6.11. The number of hydrogen-bond donors (Lipinski definition) is 3. The molecule has 132 valence electrons. The van der Waals surface area contributed by atoms with Crippen molar-refractivity contribution in [3.63, 3.8) is 0 Å². The molecule has 2 rings (SSSR count). The largest absolute Gasteiger partial charge is 0.507 e. The zero-order chi connectivity index (χ0) is 17.9. The molecule has 0 saturated carbocycles. The zero-order valence-electron chi connectivity index (χ0n) is 15.0. The predicted octanol–water partition coefficient (Wildman–Crippen LogP) is 5.34. The first-order valence-electron chi connectivity index (χ1n) is 8.91. The Morgan fingerprint density at radius 1 is 1.29 bits per heavy atom. The Morgan fingerprint density at radius 2 is 1.92 bits per heavy atom. The Morgan fingerprint density at radius 3 is 2.46 bits per heavy atom. The van der Waals surface area contributed by atoms with E-state index in [0.717, 1.165) is 31.3 Å². The molecule has 3 atom stereocenters. The van der Waals surface area contributed by atoms with E-state index in [1.165, 1.54) is 5.57 Å². The molecule has 0 saturated heterocycles. The van der Waals surface area contributed by atoms with Crippen molar-refractivity contribution in [2.45, 2.75) is 64.9 Å². The number of unbranched alkanes of at least 4 members (excludes halogenated alkanes) is 1. The van der Waals surface area contributed by atoms with Crippen LogP contribution in [0.5, 0.6) is 11.5 Å². The summed E-state index contributed by atoms with van der Waals surface area (Å²) in [6, 6.07) is 3.20. The summed E-state index contributed by atoms with van der Waals surface area (Å²) < 4.78 is 0. The van der Waals surface area contributed by atoms with Crippen molar-refractivity contribution in [2.75, 3.05) is 0 Å². The molecule has 0 aromatic heterocycles. The highest BCUT2D eigenvalue weighted by Gasteiger charge is 2.30. The van der Waals surface area contributed by atoms with E-state index in [2.05, 4.69) is 26.5 Å². The van der Waals surface area contributed by atoms with Crippen LogP contribution in [0, 0.1) is 5.92 Å². The van der Waals surface area contributed by atoms with E-state index in [4.69, 9.17) is 0 Å². The van der Waals surface area contributed by atoms with Crippen molar-refractivity contribution in [3.8, 4) is 11.5 Å². The fourth-order valence-corrected chi connectivity index (χ4v) is 3.65. The summed E-state index contributed by atoms with van der Waals surface area (Å²) >= 11 is 0. The lowest BCUT2D eigenvalue weighted by molar-refractivity contribution is 0.163. The molecule has 0 fully saturated rings. The smallest absolute Gasteiger partial charge is 0.123 e. The summed E-state index contributed by atoms with van der Waals surface area (Å²) in [6.45, 7) is 10.2. The fraction of sp³-hybridized carbons (Fsp3) is 0.524. The van der Waals surface area contributed by atoms with Gasteiger partial charge in [-0.15, -0.1) is 0 Å². The summed E-state index contributed by atoms with van der Waals surface area (Å²) in [6.07, 6.45) is 6.00. The first-order valence-corrected chi connectivity index (χ1v) is 8.91. The van der Waals surface area contributed by atoms with Gasteiger partial charge in [-0.25, -0.2) is 0 Å². The van der Waals surface area contributed by atoms with Crippen LogP contribution in [-0.2, 0) is 0 Å². The molecule has 1 aromatic rings. The maximum Gasteiger partial charge on any atom is 0.123 e. The normalized spacial score (nSPS) is 22.1. The molecule has 3 heteroatoms. The third kappa shape index (κ3) is 4.02. The van der Waals surface area contributed by atoms with E-state index in [9.17, 15) is 15.3 Å². The Bertz CT molecular complexity index is 607. The van der Waals surface area contributed by atoms with Crippen LogP contribution < -0.4 is 0 Å². The van der Waals surface area contributed by atoms with Crippen LogP contribution in [0.2, 0.25) is 0 Å². The van der Waals surface area contributed by atoms with Gasteiger partial charge in [0.1, 0.15) is 11.5 Å². The second-order valence-electron chi connectivity index (χ2n) is 7.16. The molecule has 3 N–H and O–H groups in total. The van der Waals surface area contributed by atoms with Crippen molar-refractivity contribution >= 4 is 0 Å². The molecule has 1 aliphatic rings.